The molecule has 0 aliphatic carbocycles. The minimum absolute atomic E-state index is 0.180. The molecular weight excluding hydrogens is 535 g/mol. The molecule has 0 radical (unpaired) electrons. The zero-order chi connectivity index (χ0) is 24.9. The van der Waals surface area contributed by atoms with Crippen LogP contribution in [0.3, 0.4) is 0 Å². The number of thioether (sulfide) groups is 1. The van der Waals surface area contributed by atoms with Gasteiger partial charge in [0, 0.05) is 26.4 Å². The van der Waals surface area contributed by atoms with Crippen LogP contribution in [0.15, 0.2) is 52.3 Å². The van der Waals surface area contributed by atoms with Crippen molar-refractivity contribution in [3.05, 3.63) is 78.2 Å². The number of amides is 2. The average Bonchev–Trinajstić information content (AvgIpc) is 3.28. The third kappa shape index (κ3) is 4.47. The fourth-order valence-electron chi connectivity index (χ4n) is 4.38. The largest absolute Gasteiger partial charge is 0.489 e. The average molecular weight is 551 g/mol. The van der Waals surface area contributed by atoms with Gasteiger partial charge in [-0.05, 0) is 35.9 Å². The van der Waals surface area contributed by atoms with Gasteiger partial charge in [-0.3, -0.25) is 24.1 Å². The second-order valence-corrected chi connectivity index (χ2v) is 11.0. The number of rotatable bonds is 6. The van der Waals surface area contributed by atoms with E-state index in [-0.39, 0.29) is 11.5 Å². The van der Waals surface area contributed by atoms with Gasteiger partial charge in [-0.15, -0.1) is 0 Å². The van der Waals surface area contributed by atoms with Crippen molar-refractivity contribution in [1.82, 2.24) is 9.88 Å². The molecule has 3 atom stereocenters. The van der Waals surface area contributed by atoms with E-state index in [0.29, 0.717) is 31.3 Å². The maximum Gasteiger partial charge on any atom is 0.323 e. The number of fused-ring (bicyclic) bond motifs is 2. The van der Waals surface area contributed by atoms with Crippen LogP contribution in [0.1, 0.15) is 21.9 Å². The number of likely N-dealkylation sites (tertiary alicyclic amines) is 1. The van der Waals surface area contributed by atoms with Gasteiger partial charge in [0.1, 0.15) is 24.2 Å². The quantitative estimate of drug-likeness (QED) is 0.445. The number of carbonyl (C=O) groups excluding carboxylic acids is 2. The molecule has 5 rings (SSSR count). The van der Waals surface area contributed by atoms with Gasteiger partial charge in [0.25, 0.3) is 0 Å². The van der Waals surface area contributed by atoms with Crippen molar-refractivity contribution in [2.24, 2.45) is 5.92 Å². The molecule has 0 saturated carbocycles. The van der Waals surface area contributed by atoms with Crippen LogP contribution < -0.4 is 9.61 Å². The van der Waals surface area contributed by atoms with Crippen LogP contribution >= 0.6 is 46.3 Å². The first kappa shape index (κ1) is 23.9. The van der Waals surface area contributed by atoms with E-state index in [1.165, 1.54) is 0 Å². The summed E-state index contributed by atoms with van der Waals surface area (Å²) >= 11 is 14.4. The van der Waals surface area contributed by atoms with E-state index in [2.05, 4.69) is 4.98 Å². The normalized spacial score (nSPS) is 21.1. The lowest BCUT2D eigenvalue weighted by Crippen LogP contribution is -2.36. The first-order chi connectivity index (χ1) is 16.7. The summed E-state index contributed by atoms with van der Waals surface area (Å²) in [5.74, 6) is -3.72. The third-order valence-electron chi connectivity index (χ3n) is 5.80. The Labute approximate surface area is 216 Å². The number of H-pyrrole nitrogens is 1. The molecule has 1 aromatic heterocycles. The number of aromatic nitrogens is 1. The Balaban J connectivity index is 1.59. The summed E-state index contributed by atoms with van der Waals surface area (Å²) in [4.78, 5) is 53.7. The van der Waals surface area contributed by atoms with Gasteiger partial charge in [-0.25, -0.2) is 0 Å². The molecule has 1 fully saturated rings. The number of carboxylic acids is 1. The summed E-state index contributed by atoms with van der Waals surface area (Å²) in [6.45, 7) is -0.547. The van der Waals surface area contributed by atoms with E-state index < -0.39 is 41.4 Å². The van der Waals surface area contributed by atoms with E-state index in [4.69, 9.17) is 27.9 Å². The lowest BCUT2D eigenvalue weighted by atomic mass is 9.82. The molecule has 180 valence electrons. The number of ether oxygens (including phenoxy) is 1. The molecule has 2 aromatic carbocycles. The van der Waals surface area contributed by atoms with Crippen LogP contribution in [0.25, 0.3) is 0 Å². The molecule has 2 N–H and O–H groups in total. The highest BCUT2D eigenvalue weighted by molar-refractivity contribution is 8.00. The van der Waals surface area contributed by atoms with Gasteiger partial charge in [0.15, 0.2) is 0 Å². The van der Waals surface area contributed by atoms with Gasteiger partial charge in [-0.1, -0.05) is 58.4 Å². The van der Waals surface area contributed by atoms with Crippen LogP contribution in [0, 0.1) is 5.92 Å². The summed E-state index contributed by atoms with van der Waals surface area (Å²) in [6.07, 6.45) is 0. The number of halogens is 2. The zero-order valence-electron chi connectivity index (χ0n) is 17.7. The van der Waals surface area contributed by atoms with Gasteiger partial charge in [0.05, 0.1) is 10.9 Å². The molecule has 1 saturated heterocycles. The number of benzene rings is 2. The fourth-order valence-corrected chi connectivity index (χ4v) is 7.30. The second-order valence-electron chi connectivity index (χ2n) is 8.01. The topological polar surface area (TPSA) is 117 Å². The van der Waals surface area contributed by atoms with Crippen LogP contribution in [0.2, 0.25) is 10.0 Å². The second kappa shape index (κ2) is 9.34. The van der Waals surface area contributed by atoms with Crippen molar-refractivity contribution in [3.8, 4) is 5.75 Å². The van der Waals surface area contributed by atoms with E-state index in [1.54, 1.807) is 36.4 Å². The first-order valence-electron chi connectivity index (χ1n) is 10.4. The number of carboxylic acid groups (broad SMARTS) is 1. The molecule has 3 aromatic rings. The predicted octanol–water partition coefficient (Wildman–Crippen LogP) is 4.00. The van der Waals surface area contributed by atoms with E-state index in [1.807, 2.05) is 6.07 Å². The van der Waals surface area contributed by atoms with Crippen molar-refractivity contribution < 1.29 is 24.2 Å². The summed E-state index contributed by atoms with van der Waals surface area (Å²) in [7, 11) is 0. The summed E-state index contributed by atoms with van der Waals surface area (Å²) in [6, 6.07) is 12.1. The van der Waals surface area contributed by atoms with Crippen molar-refractivity contribution >= 4 is 64.1 Å². The SMILES string of the molecule is O=C(O)CN1C(=O)C2Sc3[nH]c(=O)sc3[C@H](c3cc(Cl)ccc3OCc3cccc(Cl)c3)C2C1=O. The van der Waals surface area contributed by atoms with Crippen LogP contribution in [-0.4, -0.2) is 44.6 Å². The van der Waals surface area contributed by atoms with E-state index >= 15 is 0 Å². The van der Waals surface area contributed by atoms with Crippen LogP contribution in [0.4, 0.5) is 0 Å². The molecular formula is C23H16Cl2N2O6S2. The monoisotopic (exact) mass is 550 g/mol. The minimum atomic E-state index is -1.29. The van der Waals surface area contributed by atoms with Crippen LogP contribution in [-0.2, 0) is 21.0 Å². The first-order valence-corrected chi connectivity index (χ1v) is 12.8. The molecule has 2 aliphatic rings. The van der Waals surface area contributed by atoms with Gasteiger partial charge in [0.2, 0.25) is 11.8 Å². The number of thiazole rings is 1. The Morgan fingerprint density at radius 3 is 2.60 bits per heavy atom. The Morgan fingerprint density at radius 1 is 1.09 bits per heavy atom. The number of nitrogens with one attached hydrogen (secondary N) is 1. The number of nitrogens with zero attached hydrogens (tertiary/aromatic N) is 1. The number of aliphatic carboxylic acids is 1. The summed E-state index contributed by atoms with van der Waals surface area (Å²) in [5.41, 5.74) is 1.35. The molecule has 35 heavy (non-hydrogen) atoms. The number of hydrogen-bond acceptors (Lipinski definition) is 7. The molecule has 2 aliphatic heterocycles. The summed E-state index contributed by atoms with van der Waals surface area (Å²) in [5, 5.41) is 9.76. The van der Waals surface area contributed by atoms with Crippen molar-refractivity contribution in [2.75, 3.05) is 6.54 Å². The van der Waals surface area contributed by atoms with Crippen LogP contribution in [0.5, 0.6) is 5.75 Å². The zero-order valence-corrected chi connectivity index (χ0v) is 20.8. The smallest absolute Gasteiger partial charge is 0.323 e. The Hall–Kier alpha value is -2.79. The minimum Gasteiger partial charge on any atom is -0.489 e. The van der Waals surface area contributed by atoms with Crippen molar-refractivity contribution in [3.63, 3.8) is 0 Å². The predicted molar refractivity (Wildman–Crippen MR) is 132 cm³/mol. The number of carbonyl (C=O) groups is 3. The molecule has 3 heterocycles. The maximum atomic E-state index is 13.4. The molecule has 12 heteroatoms. The maximum absolute atomic E-state index is 13.4. The Morgan fingerprint density at radius 2 is 1.86 bits per heavy atom. The molecule has 2 amide bonds. The Bertz CT molecular complexity index is 1420. The van der Waals surface area contributed by atoms with Gasteiger partial charge in [-0.2, -0.15) is 0 Å². The fraction of sp³-hybridized carbons (Fsp3) is 0.217. The standard InChI is InChI=1S/C23H16Cl2N2O6S2/c24-11-3-1-2-10(6-11)9-33-14-5-4-12(25)7-13(14)16-17-19(34-20-18(16)35-23(32)26-20)22(31)27(21(17)30)8-15(28)29/h1-7,16-17,19H,8-9H2,(H,26,32)(H,28,29)/t16-,17?,19?/m1/s1. The van der Waals surface area contributed by atoms with Crippen molar-refractivity contribution in [2.45, 2.75) is 22.8 Å². The van der Waals surface area contributed by atoms with E-state index in [0.717, 1.165) is 33.6 Å². The summed E-state index contributed by atoms with van der Waals surface area (Å²) < 4.78 is 6.10. The molecule has 0 spiro atoms. The lowest BCUT2D eigenvalue weighted by Gasteiger charge is -2.31. The number of imide groups is 1. The molecule has 2 unspecified atom stereocenters. The highest BCUT2D eigenvalue weighted by Crippen LogP contribution is 2.54. The van der Waals surface area contributed by atoms with Gasteiger partial charge < -0.3 is 14.8 Å². The number of hydrogen-bond donors (Lipinski definition) is 2. The van der Waals surface area contributed by atoms with E-state index in [9.17, 15) is 24.3 Å². The molecule has 8 nitrogen and oxygen atoms in total. The third-order valence-corrected chi connectivity index (χ3v) is 8.67. The molecule has 0 bridgehead atoms. The highest BCUT2D eigenvalue weighted by atomic mass is 35.5. The van der Waals surface area contributed by atoms with Crippen molar-refractivity contribution in [1.29, 1.82) is 0 Å². The van der Waals surface area contributed by atoms with Gasteiger partial charge >= 0.3 is 10.8 Å². The lowest BCUT2D eigenvalue weighted by molar-refractivity contribution is -0.149. The number of aromatic amines is 1. The Kier molecular flexibility index (Phi) is 6.39. The highest BCUT2D eigenvalue weighted by Gasteiger charge is 2.56.